The third kappa shape index (κ3) is 5.28. The molecule has 27 heavy (non-hydrogen) atoms. The van der Waals surface area contributed by atoms with Crippen molar-refractivity contribution in [2.75, 3.05) is 31.5 Å². The number of anilines is 1. The molecule has 0 radical (unpaired) electrons. The van der Waals surface area contributed by atoms with Crippen LogP contribution >= 0.6 is 23.7 Å². The monoisotopic (exact) mass is 410 g/mol. The Kier molecular flexibility index (Phi) is 7.23. The molecule has 2 fully saturated rings. The first-order valence-corrected chi connectivity index (χ1v) is 10.4. The molecule has 2 N–H and O–H groups in total. The molecule has 1 atom stereocenters. The van der Waals surface area contributed by atoms with E-state index in [9.17, 15) is 4.79 Å². The van der Waals surface area contributed by atoms with Crippen molar-refractivity contribution in [1.82, 2.24) is 25.0 Å². The maximum atomic E-state index is 12.5. The van der Waals surface area contributed by atoms with Gasteiger partial charge in [0.15, 0.2) is 10.8 Å². The van der Waals surface area contributed by atoms with Gasteiger partial charge in [-0.3, -0.25) is 19.7 Å². The summed E-state index contributed by atoms with van der Waals surface area (Å²) in [6, 6.07) is 2.12. The summed E-state index contributed by atoms with van der Waals surface area (Å²) in [5.74, 6) is -0.189. The topological polar surface area (TPSA) is 75.1 Å². The van der Waals surface area contributed by atoms with Crippen molar-refractivity contribution in [2.24, 2.45) is 0 Å². The van der Waals surface area contributed by atoms with Gasteiger partial charge in [0.25, 0.3) is 5.91 Å². The van der Waals surface area contributed by atoms with Gasteiger partial charge in [0.2, 0.25) is 0 Å². The first kappa shape index (κ1) is 20.3. The van der Waals surface area contributed by atoms with Crippen molar-refractivity contribution in [3.8, 4) is 0 Å². The lowest BCUT2D eigenvalue weighted by Crippen LogP contribution is -2.32. The summed E-state index contributed by atoms with van der Waals surface area (Å²) in [6.45, 7) is 5.14. The highest BCUT2D eigenvalue weighted by molar-refractivity contribution is 7.13. The molecule has 4 heterocycles. The Labute approximate surface area is 169 Å². The third-order valence-electron chi connectivity index (χ3n) is 5.09. The van der Waals surface area contributed by atoms with E-state index in [0.29, 0.717) is 16.9 Å². The molecule has 9 heteroatoms. The molecular formula is C18H27ClN6OS. The number of thiazole rings is 1. The quantitative estimate of drug-likeness (QED) is 0.792. The molecule has 0 saturated carbocycles. The van der Waals surface area contributed by atoms with Gasteiger partial charge in [-0.1, -0.05) is 6.42 Å². The molecule has 2 aliphatic heterocycles. The van der Waals surface area contributed by atoms with Gasteiger partial charge in [0, 0.05) is 24.7 Å². The Morgan fingerprint density at radius 3 is 2.93 bits per heavy atom. The molecule has 2 aromatic heterocycles. The van der Waals surface area contributed by atoms with Crippen LogP contribution in [0, 0.1) is 0 Å². The van der Waals surface area contributed by atoms with Crippen LogP contribution in [0.2, 0.25) is 0 Å². The van der Waals surface area contributed by atoms with Crippen LogP contribution in [-0.2, 0) is 6.54 Å². The van der Waals surface area contributed by atoms with Gasteiger partial charge in [-0.25, -0.2) is 4.98 Å². The molecule has 0 aliphatic carbocycles. The van der Waals surface area contributed by atoms with E-state index in [1.54, 1.807) is 6.07 Å². The fraction of sp³-hybridized carbons (Fsp3) is 0.611. The zero-order valence-corrected chi connectivity index (χ0v) is 17.0. The van der Waals surface area contributed by atoms with E-state index >= 15 is 0 Å². The smallest absolute Gasteiger partial charge is 0.277 e. The largest absolute Gasteiger partial charge is 0.315 e. The van der Waals surface area contributed by atoms with Crippen molar-refractivity contribution in [3.05, 3.63) is 29.0 Å². The van der Waals surface area contributed by atoms with Crippen LogP contribution in [0.1, 0.15) is 54.3 Å². The number of halogens is 1. The van der Waals surface area contributed by atoms with E-state index in [1.165, 1.54) is 30.6 Å². The number of carbonyl (C=O) groups excluding carboxylic acids is 1. The van der Waals surface area contributed by atoms with Crippen molar-refractivity contribution in [1.29, 1.82) is 0 Å². The lowest BCUT2D eigenvalue weighted by molar-refractivity contribution is 0.102. The summed E-state index contributed by atoms with van der Waals surface area (Å²) in [7, 11) is 0. The van der Waals surface area contributed by atoms with Crippen LogP contribution < -0.4 is 10.6 Å². The Balaban J connectivity index is 0.00000210. The average Bonchev–Trinajstić information content (AvgIpc) is 3.33. The summed E-state index contributed by atoms with van der Waals surface area (Å²) >= 11 is 1.48. The number of rotatable bonds is 5. The van der Waals surface area contributed by atoms with Gasteiger partial charge in [0.05, 0.1) is 11.7 Å². The highest BCUT2D eigenvalue weighted by atomic mass is 35.5. The normalized spacial score (nSPS) is 20.8. The minimum atomic E-state index is -0.189. The van der Waals surface area contributed by atoms with Crippen LogP contribution in [0.4, 0.5) is 5.13 Å². The SMILES string of the molecule is Cl.O=C(Nc1nc(CN2CCCCC2)cs1)c1ccn(C2CCCNC2)n1. The first-order valence-electron chi connectivity index (χ1n) is 9.52. The Morgan fingerprint density at radius 1 is 1.30 bits per heavy atom. The van der Waals surface area contributed by atoms with Gasteiger partial charge < -0.3 is 5.32 Å². The summed E-state index contributed by atoms with van der Waals surface area (Å²) < 4.78 is 1.91. The molecular weight excluding hydrogens is 384 g/mol. The minimum absolute atomic E-state index is 0. The van der Waals surface area contributed by atoms with E-state index in [1.807, 2.05) is 16.3 Å². The summed E-state index contributed by atoms with van der Waals surface area (Å²) in [5.41, 5.74) is 1.48. The third-order valence-corrected chi connectivity index (χ3v) is 5.90. The maximum Gasteiger partial charge on any atom is 0.277 e. The van der Waals surface area contributed by atoms with Crippen molar-refractivity contribution in [3.63, 3.8) is 0 Å². The number of likely N-dealkylation sites (tertiary alicyclic amines) is 1. The second kappa shape index (κ2) is 9.64. The Bertz CT molecular complexity index is 736. The van der Waals surface area contributed by atoms with E-state index in [-0.39, 0.29) is 18.3 Å². The van der Waals surface area contributed by atoms with Gasteiger partial charge in [-0.15, -0.1) is 23.7 Å². The van der Waals surface area contributed by atoms with Crippen molar-refractivity contribution in [2.45, 2.75) is 44.7 Å². The van der Waals surface area contributed by atoms with Crippen LogP contribution in [0.15, 0.2) is 17.6 Å². The van der Waals surface area contributed by atoms with Gasteiger partial charge in [-0.05, 0) is 51.4 Å². The van der Waals surface area contributed by atoms with E-state index in [2.05, 4.69) is 25.6 Å². The number of nitrogens with zero attached hydrogens (tertiary/aromatic N) is 4. The zero-order valence-electron chi connectivity index (χ0n) is 15.4. The number of aromatic nitrogens is 3. The van der Waals surface area contributed by atoms with Crippen LogP contribution in [0.3, 0.4) is 0 Å². The highest BCUT2D eigenvalue weighted by Gasteiger charge is 2.19. The molecule has 0 spiro atoms. The van der Waals surface area contributed by atoms with Crippen LogP contribution in [0.25, 0.3) is 0 Å². The van der Waals surface area contributed by atoms with Crippen LogP contribution in [0.5, 0.6) is 0 Å². The standard InChI is InChI=1S/C18H26N6OS.ClH/c25-17(16-6-10-24(22-16)15-5-4-7-19-11-15)21-18-20-14(13-26-18)12-23-8-2-1-3-9-23;/h6,10,13,15,19H,1-5,7-9,11-12H2,(H,20,21,25);1H. The van der Waals surface area contributed by atoms with Gasteiger partial charge in [-0.2, -0.15) is 5.10 Å². The maximum absolute atomic E-state index is 12.5. The number of amides is 1. The number of hydrogen-bond donors (Lipinski definition) is 2. The second-order valence-corrected chi connectivity index (χ2v) is 7.97. The second-order valence-electron chi connectivity index (χ2n) is 7.12. The van der Waals surface area contributed by atoms with Crippen molar-refractivity contribution >= 4 is 34.8 Å². The summed E-state index contributed by atoms with van der Waals surface area (Å²) in [6.07, 6.45) is 8.02. The van der Waals surface area contributed by atoms with E-state index < -0.39 is 0 Å². The lowest BCUT2D eigenvalue weighted by Gasteiger charge is -2.25. The molecule has 0 bridgehead atoms. The fourth-order valence-corrected chi connectivity index (χ4v) is 4.36. The average molecular weight is 411 g/mol. The van der Waals surface area contributed by atoms with Crippen molar-refractivity contribution < 1.29 is 4.79 Å². The summed E-state index contributed by atoms with van der Waals surface area (Å²) in [4.78, 5) is 19.5. The molecule has 2 saturated heterocycles. The molecule has 2 aromatic rings. The highest BCUT2D eigenvalue weighted by Crippen LogP contribution is 2.20. The molecule has 7 nitrogen and oxygen atoms in total. The van der Waals surface area contributed by atoms with Gasteiger partial charge >= 0.3 is 0 Å². The first-order chi connectivity index (χ1) is 12.8. The fourth-order valence-electron chi connectivity index (χ4n) is 3.67. The number of nitrogens with one attached hydrogen (secondary N) is 2. The number of piperidine rings is 2. The molecule has 4 rings (SSSR count). The zero-order chi connectivity index (χ0) is 17.8. The molecule has 1 amide bonds. The van der Waals surface area contributed by atoms with Gasteiger partial charge in [0.1, 0.15) is 0 Å². The Morgan fingerprint density at radius 2 is 2.15 bits per heavy atom. The Hall–Kier alpha value is -1.48. The number of hydrogen-bond acceptors (Lipinski definition) is 6. The minimum Gasteiger partial charge on any atom is -0.315 e. The van der Waals surface area contributed by atoms with Crippen LogP contribution in [-0.4, -0.2) is 51.8 Å². The lowest BCUT2D eigenvalue weighted by atomic mass is 10.1. The predicted octanol–water partition coefficient (Wildman–Crippen LogP) is 2.92. The van der Waals surface area contributed by atoms with E-state index in [0.717, 1.165) is 51.3 Å². The summed E-state index contributed by atoms with van der Waals surface area (Å²) in [5, 5.41) is 13.4. The van der Waals surface area contributed by atoms with E-state index in [4.69, 9.17) is 0 Å². The molecule has 0 aromatic carbocycles. The molecule has 1 unspecified atom stereocenters. The number of carbonyl (C=O) groups is 1. The predicted molar refractivity (Wildman–Crippen MR) is 110 cm³/mol. The molecule has 148 valence electrons. The molecule has 2 aliphatic rings.